The SMILES string of the molecule is CCC1(C(=O)O)COC(=O)OC1. The molecule has 5 heteroatoms. The van der Waals surface area contributed by atoms with Crippen LogP contribution in [0.15, 0.2) is 0 Å². The summed E-state index contributed by atoms with van der Waals surface area (Å²) >= 11 is 0. The molecule has 0 amide bonds. The van der Waals surface area contributed by atoms with Crippen molar-refractivity contribution >= 4 is 12.1 Å². The van der Waals surface area contributed by atoms with Gasteiger partial charge in [0.15, 0.2) is 0 Å². The molecular formula is C7H10O5. The molecule has 1 fully saturated rings. The first kappa shape index (κ1) is 8.83. The number of ether oxygens (including phenoxy) is 2. The van der Waals surface area contributed by atoms with Crippen LogP contribution in [-0.4, -0.2) is 30.4 Å². The van der Waals surface area contributed by atoms with E-state index in [1.165, 1.54) is 0 Å². The molecule has 1 rings (SSSR count). The molecule has 1 saturated heterocycles. The fraction of sp³-hybridized carbons (Fsp3) is 0.714. The molecule has 1 aliphatic heterocycles. The van der Waals surface area contributed by atoms with Crippen molar-refractivity contribution in [3.8, 4) is 0 Å². The largest absolute Gasteiger partial charge is 0.508 e. The highest BCUT2D eigenvalue weighted by molar-refractivity contribution is 5.76. The predicted octanol–water partition coefficient (Wildman–Crippen LogP) is 0.634. The van der Waals surface area contributed by atoms with Crippen molar-refractivity contribution in [3.63, 3.8) is 0 Å². The van der Waals surface area contributed by atoms with E-state index in [1.54, 1.807) is 6.92 Å². The highest BCUT2D eigenvalue weighted by Gasteiger charge is 2.43. The lowest BCUT2D eigenvalue weighted by Gasteiger charge is -2.30. The Labute approximate surface area is 69.3 Å². The first-order valence-electron chi connectivity index (χ1n) is 3.64. The van der Waals surface area contributed by atoms with E-state index in [9.17, 15) is 9.59 Å². The Morgan fingerprint density at radius 3 is 2.42 bits per heavy atom. The number of carbonyl (C=O) groups is 2. The Morgan fingerprint density at radius 1 is 1.58 bits per heavy atom. The molecular weight excluding hydrogens is 164 g/mol. The molecule has 0 bridgehead atoms. The van der Waals surface area contributed by atoms with Crippen LogP contribution in [0.25, 0.3) is 0 Å². The monoisotopic (exact) mass is 174 g/mol. The summed E-state index contributed by atoms with van der Waals surface area (Å²) in [5.41, 5.74) is -1.05. The molecule has 0 atom stereocenters. The van der Waals surface area contributed by atoms with Crippen molar-refractivity contribution in [2.75, 3.05) is 13.2 Å². The fourth-order valence-corrected chi connectivity index (χ4v) is 0.956. The number of cyclic esters (lactones) is 2. The van der Waals surface area contributed by atoms with Crippen LogP contribution in [0.3, 0.4) is 0 Å². The second-order valence-corrected chi connectivity index (χ2v) is 2.77. The number of carbonyl (C=O) groups excluding carboxylic acids is 1. The summed E-state index contributed by atoms with van der Waals surface area (Å²) < 4.78 is 9.01. The van der Waals surface area contributed by atoms with E-state index in [4.69, 9.17) is 5.11 Å². The zero-order valence-corrected chi connectivity index (χ0v) is 6.70. The summed E-state index contributed by atoms with van der Waals surface area (Å²) in [6, 6.07) is 0. The second-order valence-electron chi connectivity index (χ2n) is 2.77. The van der Waals surface area contributed by atoms with E-state index in [1.807, 2.05) is 0 Å². The maximum absolute atomic E-state index is 10.7. The third kappa shape index (κ3) is 1.34. The van der Waals surface area contributed by atoms with Gasteiger partial charge in [-0.05, 0) is 6.42 Å². The average molecular weight is 174 g/mol. The molecule has 1 aliphatic rings. The van der Waals surface area contributed by atoms with Gasteiger partial charge in [-0.25, -0.2) is 4.79 Å². The Hall–Kier alpha value is -1.26. The topological polar surface area (TPSA) is 72.8 Å². The molecule has 1 heterocycles. The van der Waals surface area contributed by atoms with Gasteiger partial charge in [-0.2, -0.15) is 0 Å². The molecule has 5 nitrogen and oxygen atoms in total. The van der Waals surface area contributed by atoms with Crippen molar-refractivity contribution in [1.82, 2.24) is 0 Å². The Balaban J connectivity index is 2.69. The van der Waals surface area contributed by atoms with Crippen LogP contribution in [0.1, 0.15) is 13.3 Å². The number of carboxylic acids is 1. The van der Waals surface area contributed by atoms with Crippen molar-refractivity contribution < 1.29 is 24.2 Å². The second kappa shape index (κ2) is 3.00. The predicted molar refractivity (Wildman–Crippen MR) is 37.7 cm³/mol. The first-order chi connectivity index (χ1) is 5.60. The minimum Gasteiger partial charge on any atom is -0.481 e. The lowest BCUT2D eigenvalue weighted by atomic mass is 9.87. The van der Waals surface area contributed by atoms with Crippen molar-refractivity contribution in [2.45, 2.75) is 13.3 Å². The van der Waals surface area contributed by atoms with E-state index in [2.05, 4.69) is 9.47 Å². The van der Waals surface area contributed by atoms with Crippen LogP contribution >= 0.6 is 0 Å². The van der Waals surface area contributed by atoms with Gasteiger partial charge in [0.25, 0.3) is 0 Å². The summed E-state index contributed by atoms with van der Waals surface area (Å²) in [7, 11) is 0. The molecule has 0 aromatic heterocycles. The first-order valence-corrected chi connectivity index (χ1v) is 3.64. The smallest absolute Gasteiger partial charge is 0.481 e. The number of aliphatic carboxylic acids is 1. The van der Waals surface area contributed by atoms with Gasteiger partial charge in [0.2, 0.25) is 0 Å². The van der Waals surface area contributed by atoms with Gasteiger partial charge < -0.3 is 14.6 Å². The van der Waals surface area contributed by atoms with Gasteiger partial charge in [-0.15, -0.1) is 0 Å². The van der Waals surface area contributed by atoms with E-state index in [0.717, 1.165) is 0 Å². The molecule has 0 unspecified atom stereocenters. The summed E-state index contributed by atoms with van der Waals surface area (Å²) in [5, 5.41) is 8.80. The van der Waals surface area contributed by atoms with Crippen LogP contribution in [0.5, 0.6) is 0 Å². The lowest BCUT2D eigenvalue weighted by molar-refractivity contribution is -0.161. The van der Waals surface area contributed by atoms with Crippen LogP contribution in [0.4, 0.5) is 4.79 Å². The number of rotatable bonds is 2. The highest BCUT2D eigenvalue weighted by Crippen LogP contribution is 2.26. The third-order valence-corrected chi connectivity index (χ3v) is 2.06. The van der Waals surface area contributed by atoms with Crippen LogP contribution in [-0.2, 0) is 14.3 Å². The zero-order valence-electron chi connectivity index (χ0n) is 6.70. The quantitative estimate of drug-likeness (QED) is 0.621. The van der Waals surface area contributed by atoms with E-state index >= 15 is 0 Å². The minimum atomic E-state index is -1.05. The summed E-state index contributed by atoms with van der Waals surface area (Å²) in [5.74, 6) is -0.988. The van der Waals surface area contributed by atoms with Crippen LogP contribution in [0, 0.1) is 5.41 Å². The van der Waals surface area contributed by atoms with Crippen molar-refractivity contribution in [3.05, 3.63) is 0 Å². The highest BCUT2D eigenvalue weighted by atomic mass is 16.7. The van der Waals surface area contributed by atoms with Crippen LogP contribution < -0.4 is 0 Å². The molecule has 0 radical (unpaired) electrons. The summed E-state index contributed by atoms with van der Waals surface area (Å²) in [4.78, 5) is 21.2. The normalized spacial score (nSPS) is 20.9. The maximum atomic E-state index is 10.7. The summed E-state index contributed by atoms with van der Waals surface area (Å²) in [6.07, 6.45) is -0.407. The van der Waals surface area contributed by atoms with Gasteiger partial charge in [0.05, 0.1) is 0 Å². The van der Waals surface area contributed by atoms with E-state index in [0.29, 0.717) is 6.42 Å². The Kier molecular flexibility index (Phi) is 2.21. The minimum absolute atomic E-state index is 0.0995. The maximum Gasteiger partial charge on any atom is 0.508 e. The molecule has 0 spiro atoms. The number of hydrogen-bond acceptors (Lipinski definition) is 4. The zero-order chi connectivity index (χ0) is 9.19. The number of hydrogen-bond donors (Lipinski definition) is 1. The van der Waals surface area contributed by atoms with Crippen LogP contribution in [0.2, 0.25) is 0 Å². The van der Waals surface area contributed by atoms with Gasteiger partial charge in [-0.1, -0.05) is 6.92 Å². The average Bonchev–Trinajstić information content (AvgIpc) is 2.06. The molecule has 1 N–H and O–H groups in total. The molecule has 12 heavy (non-hydrogen) atoms. The Morgan fingerprint density at radius 2 is 2.08 bits per heavy atom. The van der Waals surface area contributed by atoms with Crippen molar-refractivity contribution in [1.29, 1.82) is 0 Å². The molecule has 0 aromatic carbocycles. The van der Waals surface area contributed by atoms with E-state index < -0.39 is 17.5 Å². The molecule has 0 aromatic rings. The molecule has 0 saturated carbocycles. The standard InChI is InChI=1S/C7H10O5/c1-2-7(5(8)9)3-11-6(10)12-4-7/h2-4H2,1H3,(H,8,9). The lowest BCUT2D eigenvalue weighted by Crippen LogP contribution is -2.44. The van der Waals surface area contributed by atoms with Gasteiger partial charge >= 0.3 is 12.1 Å². The third-order valence-electron chi connectivity index (χ3n) is 2.06. The van der Waals surface area contributed by atoms with Gasteiger partial charge in [0.1, 0.15) is 18.6 Å². The molecule has 68 valence electrons. The van der Waals surface area contributed by atoms with E-state index in [-0.39, 0.29) is 13.2 Å². The fourth-order valence-electron chi connectivity index (χ4n) is 0.956. The Bertz CT molecular complexity index is 200. The molecule has 0 aliphatic carbocycles. The van der Waals surface area contributed by atoms with Gasteiger partial charge in [-0.3, -0.25) is 4.79 Å². The number of carboxylic acid groups (broad SMARTS) is 1. The van der Waals surface area contributed by atoms with Crippen molar-refractivity contribution in [2.24, 2.45) is 5.41 Å². The van der Waals surface area contributed by atoms with Gasteiger partial charge in [0, 0.05) is 0 Å². The summed E-state index contributed by atoms with van der Waals surface area (Å²) in [6.45, 7) is 1.52.